The van der Waals surface area contributed by atoms with Gasteiger partial charge in [0.1, 0.15) is 5.75 Å². The predicted molar refractivity (Wildman–Crippen MR) is 109 cm³/mol. The molecule has 138 valence electrons. The van der Waals surface area contributed by atoms with E-state index in [1.165, 1.54) is 0 Å². The predicted octanol–water partition coefficient (Wildman–Crippen LogP) is 4.05. The third kappa shape index (κ3) is 3.70. The van der Waals surface area contributed by atoms with E-state index < -0.39 is 5.97 Å². The second-order valence-corrected chi connectivity index (χ2v) is 6.77. The number of nitrogens with zero attached hydrogens (tertiary/aromatic N) is 1. The molecular weight excluding hydrogens is 350 g/mol. The number of carbonyl (C=O) groups is 1. The number of carboxylic acid groups (broad SMARTS) is 1. The molecule has 0 atom stereocenters. The minimum absolute atomic E-state index is 0.232. The van der Waals surface area contributed by atoms with Crippen molar-refractivity contribution in [3.8, 4) is 17.6 Å². The van der Waals surface area contributed by atoms with Gasteiger partial charge in [0.25, 0.3) is 0 Å². The molecule has 1 aliphatic heterocycles. The summed E-state index contributed by atoms with van der Waals surface area (Å²) < 4.78 is 0. The van der Waals surface area contributed by atoms with Crippen LogP contribution in [0.2, 0.25) is 0 Å². The van der Waals surface area contributed by atoms with Crippen molar-refractivity contribution in [1.29, 1.82) is 0 Å². The summed E-state index contributed by atoms with van der Waals surface area (Å²) in [5, 5.41) is 19.2. The van der Waals surface area contributed by atoms with Gasteiger partial charge in [-0.3, -0.25) is 0 Å². The van der Waals surface area contributed by atoms with Gasteiger partial charge in [0, 0.05) is 29.9 Å². The van der Waals surface area contributed by atoms with Gasteiger partial charge in [0.2, 0.25) is 0 Å². The second kappa shape index (κ2) is 7.50. The van der Waals surface area contributed by atoms with Gasteiger partial charge in [-0.05, 0) is 66.1 Å². The first kappa shape index (κ1) is 17.7. The molecule has 0 saturated carbocycles. The first-order chi connectivity index (χ1) is 13.6. The van der Waals surface area contributed by atoms with Crippen molar-refractivity contribution in [3.63, 3.8) is 0 Å². The van der Waals surface area contributed by atoms with Crippen molar-refractivity contribution < 1.29 is 15.0 Å². The first-order valence-electron chi connectivity index (χ1n) is 9.10. The Labute approximate surface area is 163 Å². The zero-order valence-electron chi connectivity index (χ0n) is 15.2. The number of hydrogen-bond donors (Lipinski definition) is 2. The van der Waals surface area contributed by atoms with Crippen LogP contribution in [0.3, 0.4) is 0 Å². The van der Waals surface area contributed by atoms with Crippen molar-refractivity contribution >= 4 is 11.7 Å². The maximum absolute atomic E-state index is 11.1. The van der Waals surface area contributed by atoms with Gasteiger partial charge in [-0.25, -0.2) is 4.79 Å². The van der Waals surface area contributed by atoms with Crippen LogP contribution in [0.15, 0.2) is 66.7 Å². The lowest BCUT2D eigenvalue weighted by molar-refractivity contribution is 0.0697. The quantitative estimate of drug-likeness (QED) is 0.669. The lowest BCUT2D eigenvalue weighted by Gasteiger charge is -2.31. The molecule has 3 aromatic rings. The number of aromatic carboxylic acids is 1. The molecule has 0 aliphatic carbocycles. The highest BCUT2D eigenvalue weighted by Crippen LogP contribution is 2.30. The van der Waals surface area contributed by atoms with Crippen LogP contribution in [-0.2, 0) is 13.0 Å². The molecule has 0 bridgehead atoms. The molecule has 1 aliphatic rings. The van der Waals surface area contributed by atoms with Crippen LogP contribution in [0.1, 0.15) is 32.6 Å². The van der Waals surface area contributed by atoms with Crippen LogP contribution >= 0.6 is 0 Å². The number of carboxylic acids is 1. The molecule has 0 aromatic heterocycles. The number of phenolic OH excluding ortho intramolecular Hbond substituents is 1. The van der Waals surface area contributed by atoms with Gasteiger partial charge in [0.15, 0.2) is 0 Å². The largest absolute Gasteiger partial charge is 0.508 e. The number of phenols is 1. The van der Waals surface area contributed by atoms with Crippen molar-refractivity contribution in [1.82, 2.24) is 0 Å². The molecule has 3 aromatic carbocycles. The van der Waals surface area contributed by atoms with Crippen LogP contribution < -0.4 is 4.90 Å². The standard InChI is InChI=1S/C24H19NO3/c26-22-14-19(7-6-17-4-2-1-3-5-17)23-16-25(13-12-20(23)15-22)21-10-8-18(9-11-21)24(27)28/h1-5,8-11,14-15,26H,12-13,16H2,(H,27,28). The number of fused-ring (bicyclic) bond motifs is 1. The summed E-state index contributed by atoms with van der Waals surface area (Å²) in [6, 6.07) is 20.2. The Morgan fingerprint density at radius 1 is 0.964 bits per heavy atom. The highest BCUT2D eigenvalue weighted by Gasteiger charge is 2.20. The van der Waals surface area contributed by atoms with Gasteiger partial charge < -0.3 is 15.1 Å². The summed E-state index contributed by atoms with van der Waals surface area (Å²) >= 11 is 0. The molecule has 0 amide bonds. The molecule has 0 spiro atoms. The van der Waals surface area contributed by atoms with E-state index in [4.69, 9.17) is 5.11 Å². The molecule has 0 radical (unpaired) electrons. The fourth-order valence-electron chi connectivity index (χ4n) is 3.46. The van der Waals surface area contributed by atoms with Gasteiger partial charge >= 0.3 is 5.97 Å². The van der Waals surface area contributed by atoms with Crippen molar-refractivity contribution in [2.24, 2.45) is 0 Å². The summed E-state index contributed by atoms with van der Waals surface area (Å²) in [4.78, 5) is 13.3. The minimum atomic E-state index is -0.926. The molecular formula is C24H19NO3. The number of hydrogen-bond acceptors (Lipinski definition) is 3. The third-order valence-corrected chi connectivity index (χ3v) is 4.92. The van der Waals surface area contributed by atoms with E-state index in [1.54, 1.807) is 18.2 Å². The SMILES string of the molecule is O=C(O)c1ccc(N2CCc3cc(O)cc(C#Cc4ccccc4)c3C2)cc1. The maximum atomic E-state index is 11.1. The normalized spacial score (nSPS) is 12.6. The van der Waals surface area contributed by atoms with Gasteiger partial charge in [-0.2, -0.15) is 0 Å². The molecule has 2 N–H and O–H groups in total. The zero-order chi connectivity index (χ0) is 19.5. The molecule has 0 unspecified atom stereocenters. The summed E-state index contributed by atoms with van der Waals surface area (Å²) in [7, 11) is 0. The summed E-state index contributed by atoms with van der Waals surface area (Å²) in [5.74, 6) is 5.68. The average molecular weight is 369 g/mol. The van der Waals surface area contributed by atoms with Crippen molar-refractivity contribution in [3.05, 3.63) is 94.5 Å². The Morgan fingerprint density at radius 2 is 1.71 bits per heavy atom. The number of benzene rings is 3. The fraction of sp³-hybridized carbons (Fsp3) is 0.125. The number of aromatic hydroxyl groups is 1. The van der Waals surface area contributed by atoms with Crippen LogP contribution in [0, 0.1) is 11.8 Å². The zero-order valence-corrected chi connectivity index (χ0v) is 15.2. The van der Waals surface area contributed by atoms with E-state index in [0.717, 1.165) is 40.9 Å². The molecule has 28 heavy (non-hydrogen) atoms. The van der Waals surface area contributed by atoms with Crippen LogP contribution in [-0.4, -0.2) is 22.7 Å². The van der Waals surface area contributed by atoms with Crippen molar-refractivity contribution in [2.45, 2.75) is 13.0 Å². The molecule has 0 saturated heterocycles. The third-order valence-electron chi connectivity index (χ3n) is 4.92. The number of anilines is 1. The van der Waals surface area contributed by atoms with E-state index >= 15 is 0 Å². The van der Waals surface area contributed by atoms with Gasteiger partial charge in [0.05, 0.1) is 5.56 Å². The van der Waals surface area contributed by atoms with Crippen LogP contribution in [0.25, 0.3) is 0 Å². The first-order valence-corrected chi connectivity index (χ1v) is 9.10. The van der Waals surface area contributed by atoms with Crippen molar-refractivity contribution in [2.75, 3.05) is 11.4 Å². The molecule has 4 heteroatoms. The van der Waals surface area contributed by atoms with Gasteiger partial charge in [-0.15, -0.1) is 0 Å². The topological polar surface area (TPSA) is 60.8 Å². The lowest BCUT2D eigenvalue weighted by atomic mass is 9.94. The maximum Gasteiger partial charge on any atom is 0.335 e. The smallest absolute Gasteiger partial charge is 0.335 e. The number of rotatable bonds is 2. The summed E-state index contributed by atoms with van der Waals surface area (Å²) in [5.41, 5.74) is 5.22. The lowest BCUT2D eigenvalue weighted by Crippen LogP contribution is -2.31. The second-order valence-electron chi connectivity index (χ2n) is 6.77. The Kier molecular flexibility index (Phi) is 4.74. The fourth-order valence-corrected chi connectivity index (χ4v) is 3.46. The minimum Gasteiger partial charge on any atom is -0.508 e. The Hall–Kier alpha value is -3.71. The van der Waals surface area contributed by atoms with E-state index in [2.05, 4.69) is 16.7 Å². The van der Waals surface area contributed by atoms with Crippen LogP contribution in [0.4, 0.5) is 5.69 Å². The monoisotopic (exact) mass is 369 g/mol. The molecule has 0 fully saturated rings. The van der Waals surface area contributed by atoms with Gasteiger partial charge in [-0.1, -0.05) is 30.0 Å². The van der Waals surface area contributed by atoms with E-state index in [9.17, 15) is 9.90 Å². The van der Waals surface area contributed by atoms with E-state index in [1.807, 2.05) is 48.5 Å². The highest BCUT2D eigenvalue weighted by atomic mass is 16.4. The Balaban J connectivity index is 1.65. The average Bonchev–Trinajstić information content (AvgIpc) is 2.72. The van der Waals surface area contributed by atoms with E-state index in [0.29, 0.717) is 6.54 Å². The summed E-state index contributed by atoms with van der Waals surface area (Å²) in [6.45, 7) is 1.47. The molecule has 4 nitrogen and oxygen atoms in total. The Bertz CT molecular complexity index is 1080. The highest BCUT2D eigenvalue weighted by molar-refractivity contribution is 5.88. The molecule has 4 rings (SSSR count). The molecule has 1 heterocycles. The van der Waals surface area contributed by atoms with E-state index in [-0.39, 0.29) is 11.3 Å². The Morgan fingerprint density at radius 3 is 2.43 bits per heavy atom. The summed E-state index contributed by atoms with van der Waals surface area (Å²) in [6.07, 6.45) is 0.796. The van der Waals surface area contributed by atoms with Crippen LogP contribution in [0.5, 0.6) is 5.75 Å².